The first-order valence-corrected chi connectivity index (χ1v) is 8.33. The zero-order chi connectivity index (χ0) is 19.1. The number of ether oxygens (including phenoxy) is 2. The number of hydrogen-bond acceptors (Lipinski definition) is 7. The highest BCUT2D eigenvalue weighted by molar-refractivity contribution is 7.12. The van der Waals surface area contributed by atoms with Crippen LogP contribution in [0.1, 0.15) is 27.0 Å². The molecule has 2 aromatic rings. The zero-order valence-electron chi connectivity index (χ0n) is 14.0. The number of carbonyl (C=O) groups excluding carboxylic acids is 4. The van der Waals surface area contributed by atoms with Gasteiger partial charge in [-0.15, -0.1) is 11.3 Å². The molecule has 1 heterocycles. The van der Waals surface area contributed by atoms with E-state index >= 15 is 0 Å². The monoisotopic (exact) mass is 376 g/mol. The Morgan fingerprint density at radius 1 is 1.12 bits per heavy atom. The third-order valence-corrected chi connectivity index (χ3v) is 4.03. The highest BCUT2D eigenvalue weighted by Gasteiger charge is 2.21. The lowest BCUT2D eigenvalue weighted by Gasteiger charge is -2.13. The number of hydrogen-bond donors (Lipinski definition) is 2. The maximum atomic E-state index is 12.2. The molecule has 136 valence electrons. The van der Waals surface area contributed by atoms with Crippen LogP contribution in [0.15, 0.2) is 41.8 Å². The number of alkyl carbamates (subject to hydrolysis) is 1. The van der Waals surface area contributed by atoms with Crippen molar-refractivity contribution in [2.45, 2.75) is 13.0 Å². The molecule has 0 spiro atoms. The van der Waals surface area contributed by atoms with E-state index in [0.717, 1.165) is 7.11 Å². The summed E-state index contributed by atoms with van der Waals surface area (Å²) in [6, 6.07) is 9.54. The van der Waals surface area contributed by atoms with E-state index in [2.05, 4.69) is 10.1 Å². The van der Waals surface area contributed by atoms with Crippen molar-refractivity contribution in [3.63, 3.8) is 0 Å². The van der Waals surface area contributed by atoms with Crippen LogP contribution in [0.4, 0.5) is 10.5 Å². The summed E-state index contributed by atoms with van der Waals surface area (Å²) in [5.74, 6) is -1.88. The second-order valence-electron chi connectivity index (χ2n) is 5.04. The standard InChI is InChI=1S/C17H16N2O6S/c1-10(14(20)19-17(23)24-2)25-16(22)11-5-3-6-12(9-11)18-15(21)13-7-4-8-26-13/h3-10H,1-2H3,(H,18,21)(H,19,20,23)/t10-/m0/s1. The van der Waals surface area contributed by atoms with Gasteiger partial charge in [0, 0.05) is 5.69 Å². The van der Waals surface area contributed by atoms with Crippen molar-refractivity contribution in [3.05, 3.63) is 52.2 Å². The number of methoxy groups -OCH3 is 1. The van der Waals surface area contributed by atoms with Crippen molar-refractivity contribution in [2.24, 2.45) is 0 Å². The second kappa shape index (κ2) is 8.77. The topological polar surface area (TPSA) is 111 Å². The molecule has 9 heteroatoms. The molecular formula is C17H16N2O6S. The van der Waals surface area contributed by atoms with Gasteiger partial charge in [-0.25, -0.2) is 9.59 Å². The van der Waals surface area contributed by atoms with Crippen LogP contribution in [-0.4, -0.2) is 37.1 Å². The zero-order valence-corrected chi connectivity index (χ0v) is 14.8. The Morgan fingerprint density at radius 2 is 1.88 bits per heavy atom. The van der Waals surface area contributed by atoms with Gasteiger partial charge in [-0.3, -0.25) is 14.9 Å². The van der Waals surface area contributed by atoms with Gasteiger partial charge in [0.2, 0.25) is 0 Å². The minimum atomic E-state index is -1.20. The summed E-state index contributed by atoms with van der Waals surface area (Å²) in [6.07, 6.45) is -2.15. The van der Waals surface area contributed by atoms with Crippen LogP contribution in [0.3, 0.4) is 0 Å². The molecule has 1 atom stereocenters. The molecule has 0 unspecified atom stereocenters. The molecule has 0 radical (unpaired) electrons. The molecule has 0 aliphatic carbocycles. The fourth-order valence-electron chi connectivity index (χ4n) is 1.86. The Morgan fingerprint density at radius 3 is 2.54 bits per heavy atom. The molecule has 2 rings (SSSR count). The number of thiophene rings is 1. The number of imide groups is 1. The Bertz CT molecular complexity index is 818. The summed E-state index contributed by atoms with van der Waals surface area (Å²) in [5, 5.41) is 6.36. The molecular weight excluding hydrogens is 360 g/mol. The van der Waals surface area contributed by atoms with Crippen molar-refractivity contribution in [3.8, 4) is 0 Å². The lowest BCUT2D eigenvalue weighted by Crippen LogP contribution is -2.39. The molecule has 3 amide bonds. The molecule has 0 saturated carbocycles. The van der Waals surface area contributed by atoms with Gasteiger partial charge in [0.1, 0.15) is 0 Å². The predicted octanol–water partition coefficient (Wildman–Crippen LogP) is 2.43. The van der Waals surface area contributed by atoms with Crippen LogP contribution in [0.25, 0.3) is 0 Å². The number of esters is 1. The lowest BCUT2D eigenvalue weighted by atomic mass is 10.2. The van der Waals surface area contributed by atoms with E-state index in [1.165, 1.54) is 30.4 Å². The second-order valence-corrected chi connectivity index (χ2v) is 5.99. The van der Waals surface area contributed by atoms with Crippen molar-refractivity contribution in [1.82, 2.24) is 5.32 Å². The first-order valence-electron chi connectivity index (χ1n) is 7.45. The van der Waals surface area contributed by atoms with E-state index in [1.54, 1.807) is 29.6 Å². The van der Waals surface area contributed by atoms with Crippen LogP contribution in [-0.2, 0) is 14.3 Å². The summed E-state index contributed by atoms with van der Waals surface area (Å²) in [7, 11) is 1.11. The molecule has 0 aliphatic heterocycles. The summed E-state index contributed by atoms with van der Waals surface area (Å²) >= 11 is 1.29. The van der Waals surface area contributed by atoms with E-state index in [9.17, 15) is 19.2 Å². The molecule has 8 nitrogen and oxygen atoms in total. The van der Waals surface area contributed by atoms with Crippen molar-refractivity contribution >= 4 is 40.9 Å². The number of carbonyl (C=O) groups is 4. The molecule has 1 aromatic carbocycles. The van der Waals surface area contributed by atoms with Gasteiger partial charge in [0.25, 0.3) is 11.8 Å². The Balaban J connectivity index is 2.00. The molecule has 0 saturated heterocycles. The van der Waals surface area contributed by atoms with Crippen molar-refractivity contribution in [1.29, 1.82) is 0 Å². The van der Waals surface area contributed by atoms with E-state index in [-0.39, 0.29) is 11.5 Å². The van der Waals surface area contributed by atoms with Gasteiger partial charge >= 0.3 is 12.1 Å². The molecule has 0 fully saturated rings. The summed E-state index contributed by atoms with van der Waals surface area (Å²) in [6.45, 7) is 1.32. The highest BCUT2D eigenvalue weighted by atomic mass is 32.1. The van der Waals surface area contributed by atoms with Gasteiger partial charge < -0.3 is 14.8 Å². The van der Waals surface area contributed by atoms with Crippen molar-refractivity contribution in [2.75, 3.05) is 12.4 Å². The number of benzene rings is 1. The van der Waals surface area contributed by atoms with Crippen LogP contribution in [0.5, 0.6) is 0 Å². The fraction of sp³-hybridized carbons (Fsp3) is 0.176. The Labute approximate surface area is 153 Å². The van der Waals surface area contributed by atoms with E-state index in [4.69, 9.17) is 4.74 Å². The SMILES string of the molecule is COC(=O)NC(=O)[C@H](C)OC(=O)c1cccc(NC(=O)c2cccs2)c1. The van der Waals surface area contributed by atoms with Crippen LogP contribution >= 0.6 is 11.3 Å². The third-order valence-electron chi connectivity index (χ3n) is 3.16. The highest BCUT2D eigenvalue weighted by Crippen LogP contribution is 2.16. The normalized spacial score (nSPS) is 11.2. The van der Waals surface area contributed by atoms with Gasteiger partial charge in [0.15, 0.2) is 6.10 Å². The third kappa shape index (κ3) is 5.15. The first-order chi connectivity index (χ1) is 12.4. The summed E-state index contributed by atoms with van der Waals surface area (Å²) in [4.78, 5) is 47.4. The average Bonchev–Trinajstić information content (AvgIpc) is 3.16. The van der Waals surface area contributed by atoms with Crippen LogP contribution in [0, 0.1) is 0 Å². The maximum Gasteiger partial charge on any atom is 0.413 e. The molecule has 0 aliphatic rings. The number of rotatable bonds is 5. The smallest absolute Gasteiger partial charge is 0.413 e. The van der Waals surface area contributed by atoms with E-state index < -0.39 is 24.1 Å². The predicted molar refractivity (Wildman–Crippen MR) is 94.1 cm³/mol. The fourth-order valence-corrected chi connectivity index (χ4v) is 2.48. The van der Waals surface area contributed by atoms with Crippen molar-refractivity contribution < 1.29 is 28.7 Å². The van der Waals surface area contributed by atoms with Gasteiger partial charge in [-0.05, 0) is 36.6 Å². The maximum absolute atomic E-state index is 12.2. The first kappa shape index (κ1) is 19.1. The molecule has 0 bridgehead atoms. The van der Waals surface area contributed by atoms with Crippen LogP contribution in [0.2, 0.25) is 0 Å². The number of anilines is 1. The minimum Gasteiger partial charge on any atom is -0.453 e. The largest absolute Gasteiger partial charge is 0.453 e. The number of amides is 3. The van der Waals surface area contributed by atoms with Gasteiger partial charge in [-0.2, -0.15) is 0 Å². The average molecular weight is 376 g/mol. The molecule has 1 aromatic heterocycles. The van der Waals surface area contributed by atoms with Gasteiger partial charge in [-0.1, -0.05) is 12.1 Å². The Kier molecular flexibility index (Phi) is 6.45. The van der Waals surface area contributed by atoms with E-state index in [0.29, 0.717) is 10.6 Å². The molecule has 26 heavy (non-hydrogen) atoms. The minimum absolute atomic E-state index is 0.145. The van der Waals surface area contributed by atoms with E-state index in [1.807, 2.05) is 5.32 Å². The summed E-state index contributed by atoms with van der Waals surface area (Å²) in [5.41, 5.74) is 0.552. The number of nitrogens with one attached hydrogen (secondary N) is 2. The quantitative estimate of drug-likeness (QED) is 0.776. The Hall–Kier alpha value is -3.20. The van der Waals surface area contributed by atoms with Crippen LogP contribution < -0.4 is 10.6 Å². The van der Waals surface area contributed by atoms with Gasteiger partial charge in [0.05, 0.1) is 17.6 Å². The lowest BCUT2D eigenvalue weighted by molar-refractivity contribution is -0.128. The molecule has 2 N–H and O–H groups in total. The summed E-state index contributed by atoms with van der Waals surface area (Å²) < 4.78 is 9.30.